The largest absolute Gasteiger partial charge is 0.361 e. The van der Waals surface area contributed by atoms with E-state index in [-0.39, 0.29) is 0 Å². The van der Waals surface area contributed by atoms with Crippen molar-refractivity contribution in [3.05, 3.63) is 53.3 Å². The van der Waals surface area contributed by atoms with E-state index < -0.39 is 0 Å². The van der Waals surface area contributed by atoms with Gasteiger partial charge in [-0.2, -0.15) is 0 Å². The molecule has 0 radical (unpaired) electrons. The second-order valence-corrected chi connectivity index (χ2v) is 6.80. The third-order valence-corrected chi connectivity index (χ3v) is 5.65. The molecule has 4 rings (SSSR count). The minimum Gasteiger partial charge on any atom is -0.361 e. The lowest BCUT2D eigenvalue weighted by Crippen LogP contribution is -2.42. The molecule has 0 spiro atoms. The SMILES string of the molecule is Cc1ccccc1N1C2CC(C)(c3cn(C)cc32)[C@@H]1C. The Hall–Kier alpha value is -1.70. The first-order valence-corrected chi connectivity index (χ1v) is 7.52. The van der Waals surface area contributed by atoms with Crippen molar-refractivity contribution in [3.63, 3.8) is 0 Å². The molecule has 1 fully saturated rings. The van der Waals surface area contributed by atoms with Gasteiger partial charge >= 0.3 is 0 Å². The molecule has 2 nitrogen and oxygen atoms in total. The maximum atomic E-state index is 2.65. The molecule has 1 aromatic carbocycles. The number of fused-ring (bicyclic) bond motifs is 5. The summed E-state index contributed by atoms with van der Waals surface area (Å²) in [7, 11) is 2.14. The Morgan fingerprint density at radius 3 is 2.70 bits per heavy atom. The molecule has 104 valence electrons. The summed E-state index contributed by atoms with van der Waals surface area (Å²) in [6.07, 6.45) is 5.91. The number of aromatic nitrogens is 1. The van der Waals surface area contributed by atoms with E-state index in [0.717, 1.165) is 0 Å². The highest BCUT2D eigenvalue weighted by Crippen LogP contribution is 2.59. The fraction of sp³-hybridized carbons (Fsp3) is 0.444. The van der Waals surface area contributed by atoms with Gasteiger partial charge in [-0.15, -0.1) is 0 Å². The number of rotatable bonds is 1. The first-order valence-electron chi connectivity index (χ1n) is 7.52. The number of aryl methyl sites for hydroxylation is 2. The van der Waals surface area contributed by atoms with Gasteiger partial charge in [0.25, 0.3) is 0 Å². The number of anilines is 1. The first-order chi connectivity index (χ1) is 9.52. The molecule has 2 aromatic rings. The zero-order valence-electron chi connectivity index (χ0n) is 12.7. The molecule has 2 heterocycles. The van der Waals surface area contributed by atoms with Crippen molar-refractivity contribution < 1.29 is 0 Å². The Morgan fingerprint density at radius 2 is 1.95 bits per heavy atom. The number of hydrogen-bond acceptors (Lipinski definition) is 1. The predicted octanol–water partition coefficient (Wildman–Crippen LogP) is 3.94. The van der Waals surface area contributed by atoms with Gasteiger partial charge in [0.2, 0.25) is 0 Å². The summed E-state index contributed by atoms with van der Waals surface area (Å²) in [4.78, 5) is 2.65. The standard InChI is InChI=1S/C18H22N2/c1-12-7-5-6-8-16(12)20-13(2)18(3)9-17(20)14-10-19(4)11-15(14)18/h5-8,10-11,13,17H,9H2,1-4H3/t13-,17?,18?/m0/s1. The van der Waals surface area contributed by atoms with Crippen LogP contribution in [0.25, 0.3) is 0 Å². The molecule has 1 aromatic heterocycles. The summed E-state index contributed by atoms with van der Waals surface area (Å²) in [6, 6.07) is 9.90. The summed E-state index contributed by atoms with van der Waals surface area (Å²) in [5.41, 5.74) is 6.19. The Morgan fingerprint density at radius 1 is 1.20 bits per heavy atom. The minimum absolute atomic E-state index is 0.295. The highest BCUT2D eigenvalue weighted by atomic mass is 15.3. The van der Waals surface area contributed by atoms with Crippen LogP contribution in [0.4, 0.5) is 5.69 Å². The molecule has 1 saturated heterocycles. The third kappa shape index (κ3) is 1.29. The lowest BCUT2D eigenvalue weighted by Gasteiger charge is -2.40. The molecule has 0 N–H and O–H groups in total. The third-order valence-electron chi connectivity index (χ3n) is 5.65. The zero-order chi connectivity index (χ0) is 14.1. The number of benzene rings is 1. The number of hydrogen-bond donors (Lipinski definition) is 0. The molecule has 2 unspecified atom stereocenters. The van der Waals surface area contributed by atoms with Gasteiger partial charge in [0.05, 0.1) is 6.04 Å². The molecular weight excluding hydrogens is 244 g/mol. The molecule has 2 heteroatoms. The van der Waals surface area contributed by atoms with Crippen LogP contribution in [0, 0.1) is 6.92 Å². The zero-order valence-corrected chi connectivity index (χ0v) is 12.7. The molecule has 2 bridgehead atoms. The van der Waals surface area contributed by atoms with E-state index in [1.54, 1.807) is 5.56 Å². The van der Waals surface area contributed by atoms with E-state index in [9.17, 15) is 0 Å². The van der Waals surface area contributed by atoms with E-state index in [2.05, 4.69) is 73.9 Å². The average Bonchev–Trinajstić information content (AvgIpc) is 2.99. The Bertz CT molecular complexity index is 684. The lowest BCUT2D eigenvalue weighted by molar-refractivity contribution is 0.449. The monoisotopic (exact) mass is 266 g/mol. The van der Waals surface area contributed by atoms with Crippen molar-refractivity contribution in [3.8, 4) is 0 Å². The Labute approximate surface area is 121 Å². The average molecular weight is 266 g/mol. The molecular formula is C18H22N2. The number of para-hydroxylation sites is 1. The molecule has 3 atom stereocenters. The van der Waals surface area contributed by atoms with Crippen LogP contribution < -0.4 is 4.90 Å². The Kier molecular flexibility index (Phi) is 2.23. The van der Waals surface area contributed by atoms with Crippen LogP contribution in [0.15, 0.2) is 36.7 Å². The minimum atomic E-state index is 0.295. The van der Waals surface area contributed by atoms with Gasteiger partial charge in [-0.1, -0.05) is 25.1 Å². The molecule has 20 heavy (non-hydrogen) atoms. The fourth-order valence-corrected chi connectivity index (χ4v) is 4.42. The van der Waals surface area contributed by atoms with Gasteiger partial charge in [-0.3, -0.25) is 0 Å². The van der Waals surface area contributed by atoms with E-state index >= 15 is 0 Å². The van der Waals surface area contributed by atoms with Crippen LogP contribution in [-0.4, -0.2) is 10.6 Å². The summed E-state index contributed by atoms with van der Waals surface area (Å²) >= 11 is 0. The van der Waals surface area contributed by atoms with Gasteiger partial charge in [0.15, 0.2) is 0 Å². The highest BCUT2D eigenvalue weighted by Gasteiger charge is 2.56. The molecule has 2 aliphatic rings. The Balaban J connectivity index is 1.88. The van der Waals surface area contributed by atoms with Crippen LogP contribution in [0.3, 0.4) is 0 Å². The molecule has 0 amide bonds. The van der Waals surface area contributed by atoms with Crippen molar-refractivity contribution in [1.82, 2.24) is 4.57 Å². The van der Waals surface area contributed by atoms with Gasteiger partial charge in [-0.25, -0.2) is 0 Å². The highest BCUT2D eigenvalue weighted by molar-refractivity contribution is 5.63. The van der Waals surface area contributed by atoms with Crippen molar-refractivity contribution in [2.45, 2.75) is 44.7 Å². The van der Waals surface area contributed by atoms with E-state index in [1.807, 2.05) is 0 Å². The summed E-state index contributed by atoms with van der Waals surface area (Å²) in [5, 5.41) is 0. The molecule has 1 aliphatic carbocycles. The van der Waals surface area contributed by atoms with Gasteiger partial charge < -0.3 is 9.47 Å². The fourth-order valence-electron chi connectivity index (χ4n) is 4.42. The van der Waals surface area contributed by atoms with E-state index in [0.29, 0.717) is 17.5 Å². The molecule has 1 aliphatic heterocycles. The van der Waals surface area contributed by atoms with Crippen LogP contribution in [0.5, 0.6) is 0 Å². The quantitative estimate of drug-likeness (QED) is 0.759. The van der Waals surface area contributed by atoms with Crippen LogP contribution in [0.2, 0.25) is 0 Å². The van der Waals surface area contributed by atoms with Crippen molar-refractivity contribution >= 4 is 5.69 Å². The van der Waals surface area contributed by atoms with Crippen LogP contribution >= 0.6 is 0 Å². The van der Waals surface area contributed by atoms with E-state index in [1.165, 1.54) is 23.2 Å². The summed E-state index contributed by atoms with van der Waals surface area (Å²) in [6.45, 7) is 7.05. The van der Waals surface area contributed by atoms with Gasteiger partial charge in [0.1, 0.15) is 0 Å². The van der Waals surface area contributed by atoms with E-state index in [4.69, 9.17) is 0 Å². The van der Waals surface area contributed by atoms with Crippen molar-refractivity contribution in [1.29, 1.82) is 0 Å². The maximum absolute atomic E-state index is 2.65. The lowest BCUT2D eigenvalue weighted by atomic mass is 9.79. The van der Waals surface area contributed by atoms with Crippen molar-refractivity contribution in [2.24, 2.45) is 7.05 Å². The topological polar surface area (TPSA) is 8.17 Å². The first kappa shape index (κ1) is 12.1. The summed E-state index contributed by atoms with van der Waals surface area (Å²) in [5.74, 6) is 0. The maximum Gasteiger partial charge on any atom is 0.0573 e. The van der Waals surface area contributed by atoms with Crippen LogP contribution in [-0.2, 0) is 12.5 Å². The molecule has 0 saturated carbocycles. The second-order valence-electron chi connectivity index (χ2n) is 6.80. The van der Waals surface area contributed by atoms with Crippen LogP contribution in [0.1, 0.15) is 43.0 Å². The number of nitrogens with zero attached hydrogens (tertiary/aromatic N) is 2. The van der Waals surface area contributed by atoms with Gasteiger partial charge in [-0.05, 0) is 43.0 Å². The smallest absolute Gasteiger partial charge is 0.0573 e. The predicted molar refractivity (Wildman–Crippen MR) is 83.2 cm³/mol. The van der Waals surface area contributed by atoms with Gasteiger partial charge in [0, 0.05) is 36.6 Å². The second kappa shape index (κ2) is 3.69. The normalized spacial score (nSPS) is 30.9. The van der Waals surface area contributed by atoms with Crippen molar-refractivity contribution in [2.75, 3.05) is 4.90 Å². The summed E-state index contributed by atoms with van der Waals surface area (Å²) < 4.78 is 2.23.